The van der Waals surface area contributed by atoms with Crippen LogP contribution in [0.5, 0.6) is 0 Å². The average Bonchev–Trinajstić information content (AvgIpc) is 2.83. The lowest BCUT2D eigenvalue weighted by molar-refractivity contribution is 0.268. The molecule has 2 rings (SSSR count). The standard InChI is InChI=1S/C14H23NO/c1-11(13-6-4-3-5-7-13)15-12(2)14-8-9-16-10-14/h8-13,15H,3-7H2,1-2H3/t11-,12?/m1/s1. The first-order chi connectivity index (χ1) is 7.77. The molecule has 1 saturated carbocycles. The molecule has 1 fully saturated rings. The third-order valence-corrected chi connectivity index (χ3v) is 3.91. The fraction of sp³-hybridized carbons (Fsp3) is 0.714. The van der Waals surface area contributed by atoms with Crippen molar-refractivity contribution in [3.05, 3.63) is 24.2 Å². The summed E-state index contributed by atoms with van der Waals surface area (Å²) in [6.07, 6.45) is 10.6. The molecule has 0 radical (unpaired) electrons. The van der Waals surface area contributed by atoms with Crippen LogP contribution in [-0.4, -0.2) is 6.04 Å². The molecule has 90 valence electrons. The molecule has 1 aromatic rings. The lowest BCUT2D eigenvalue weighted by Gasteiger charge is -2.30. The van der Waals surface area contributed by atoms with E-state index in [9.17, 15) is 0 Å². The Bertz CT molecular complexity index is 288. The summed E-state index contributed by atoms with van der Waals surface area (Å²) in [4.78, 5) is 0. The summed E-state index contributed by atoms with van der Waals surface area (Å²) in [7, 11) is 0. The second-order valence-electron chi connectivity index (χ2n) is 5.13. The van der Waals surface area contributed by atoms with E-state index in [2.05, 4.69) is 19.2 Å². The number of rotatable bonds is 4. The van der Waals surface area contributed by atoms with Crippen LogP contribution in [0.2, 0.25) is 0 Å². The fourth-order valence-electron chi connectivity index (χ4n) is 2.78. The first-order valence-corrected chi connectivity index (χ1v) is 6.55. The molecule has 0 bridgehead atoms. The number of nitrogens with one attached hydrogen (secondary N) is 1. The van der Waals surface area contributed by atoms with Crippen molar-refractivity contribution in [1.29, 1.82) is 0 Å². The van der Waals surface area contributed by atoms with Crippen LogP contribution in [0.25, 0.3) is 0 Å². The van der Waals surface area contributed by atoms with E-state index in [1.54, 1.807) is 6.26 Å². The summed E-state index contributed by atoms with van der Waals surface area (Å²) in [5, 5.41) is 3.69. The minimum Gasteiger partial charge on any atom is -0.472 e. The van der Waals surface area contributed by atoms with Crippen LogP contribution in [0.3, 0.4) is 0 Å². The van der Waals surface area contributed by atoms with E-state index >= 15 is 0 Å². The van der Waals surface area contributed by atoms with Crippen molar-refractivity contribution in [2.45, 2.75) is 58.0 Å². The van der Waals surface area contributed by atoms with Crippen LogP contribution >= 0.6 is 0 Å². The van der Waals surface area contributed by atoms with E-state index in [1.165, 1.54) is 37.7 Å². The van der Waals surface area contributed by atoms with Gasteiger partial charge < -0.3 is 9.73 Å². The summed E-state index contributed by atoms with van der Waals surface area (Å²) < 4.78 is 5.12. The lowest BCUT2D eigenvalue weighted by atomic mass is 9.84. The smallest absolute Gasteiger partial charge is 0.0950 e. The molecule has 1 heterocycles. The molecule has 0 spiro atoms. The topological polar surface area (TPSA) is 25.2 Å². The molecule has 0 amide bonds. The van der Waals surface area contributed by atoms with Gasteiger partial charge in [0, 0.05) is 17.6 Å². The third-order valence-electron chi connectivity index (χ3n) is 3.91. The molecule has 0 aromatic carbocycles. The average molecular weight is 221 g/mol. The molecule has 2 nitrogen and oxygen atoms in total. The summed E-state index contributed by atoms with van der Waals surface area (Å²) in [5.41, 5.74) is 1.25. The van der Waals surface area contributed by atoms with Crippen molar-refractivity contribution in [2.75, 3.05) is 0 Å². The molecular formula is C14H23NO. The largest absolute Gasteiger partial charge is 0.472 e. The summed E-state index contributed by atoms with van der Waals surface area (Å²) in [6.45, 7) is 4.54. The van der Waals surface area contributed by atoms with Gasteiger partial charge in [-0.3, -0.25) is 0 Å². The van der Waals surface area contributed by atoms with Gasteiger partial charge >= 0.3 is 0 Å². The van der Waals surface area contributed by atoms with Crippen molar-refractivity contribution in [3.8, 4) is 0 Å². The highest BCUT2D eigenvalue weighted by Gasteiger charge is 2.21. The Kier molecular flexibility index (Phi) is 4.05. The molecular weight excluding hydrogens is 198 g/mol. The molecule has 1 N–H and O–H groups in total. The van der Waals surface area contributed by atoms with Gasteiger partial charge in [0.25, 0.3) is 0 Å². The number of hydrogen-bond acceptors (Lipinski definition) is 2. The molecule has 2 atom stereocenters. The van der Waals surface area contributed by atoms with E-state index in [0.717, 1.165) is 5.92 Å². The van der Waals surface area contributed by atoms with Gasteiger partial charge in [0.1, 0.15) is 0 Å². The Balaban J connectivity index is 1.84. The number of furan rings is 1. The highest BCUT2D eigenvalue weighted by atomic mass is 16.3. The molecule has 2 heteroatoms. The first-order valence-electron chi connectivity index (χ1n) is 6.55. The van der Waals surface area contributed by atoms with Crippen LogP contribution in [0, 0.1) is 5.92 Å². The summed E-state index contributed by atoms with van der Waals surface area (Å²) >= 11 is 0. The minimum absolute atomic E-state index is 0.399. The molecule has 1 aliphatic rings. The molecule has 1 aliphatic carbocycles. The van der Waals surface area contributed by atoms with Crippen molar-refractivity contribution in [2.24, 2.45) is 5.92 Å². The Hall–Kier alpha value is -0.760. The van der Waals surface area contributed by atoms with E-state index in [-0.39, 0.29) is 0 Å². The predicted molar refractivity (Wildman–Crippen MR) is 66.3 cm³/mol. The Morgan fingerprint density at radius 1 is 1.25 bits per heavy atom. The number of hydrogen-bond donors (Lipinski definition) is 1. The molecule has 1 aromatic heterocycles. The zero-order valence-corrected chi connectivity index (χ0v) is 10.4. The van der Waals surface area contributed by atoms with Gasteiger partial charge in [-0.1, -0.05) is 19.3 Å². The Morgan fingerprint density at radius 3 is 2.62 bits per heavy atom. The molecule has 1 unspecified atom stereocenters. The highest BCUT2D eigenvalue weighted by molar-refractivity contribution is 5.10. The zero-order chi connectivity index (χ0) is 11.4. The zero-order valence-electron chi connectivity index (χ0n) is 10.4. The Labute approximate surface area is 98.4 Å². The minimum atomic E-state index is 0.399. The molecule has 0 aliphatic heterocycles. The highest BCUT2D eigenvalue weighted by Crippen LogP contribution is 2.27. The third kappa shape index (κ3) is 2.88. The van der Waals surface area contributed by atoms with Gasteiger partial charge in [-0.05, 0) is 38.7 Å². The Morgan fingerprint density at radius 2 is 2.00 bits per heavy atom. The van der Waals surface area contributed by atoms with Crippen LogP contribution < -0.4 is 5.32 Å². The van der Waals surface area contributed by atoms with Crippen LogP contribution in [0.1, 0.15) is 57.6 Å². The van der Waals surface area contributed by atoms with Crippen molar-refractivity contribution in [3.63, 3.8) is 0 Å². The maximum Gasteiger partial charge on any atom is 0.0950 e. The lowest BCUT2D eigenvalue weighted by Crippen LogP contribution is -2.36. The van der Waals surface area contributed by atoms with Gasteiger partial charge in [-0.2, -0.15) is 0 Å². The van der Waals surface area contributed by atoms with Crippen LogP contribution in [0.4, 0.5) is 0 Å². The SMILES string of the molecule is CC(N[C@H](C)C1CCCCC1)c1ccoc1. The monoisotopic (exact) mass is 221 g/mol. The van der Waals surface area contributed by atoms with Crippen LogP contribution in [0.15, 0.2) is 23.0 Å². The van der Waals surface area contributed by atoms with Crippen molar-refractivity contribution < 1.29 is 4.42 Å². The fourth-order valence-corrected chi connectivity index (χ4v) is 2.78. The van der Waals surface area contributed by atoms with Gasteiger partial charge in [0.05, 0.1) is 12.5 Å². The maximum absolute atomic E-state index is 5.12. The van der Waals surface area contributed by atoms with E-state index in [4.69, 9.17) is 4.42 Å². The molecule has 0 saturated heterocycles. The second kappa shape index (κ2) is 5.53. The van der Waals surface area contributed by atoms with Gasteiger partial charge in [0.2, 0.25) is 0 Å². The van der Waals surface area contributed by atoms with Crippen LogP contribution in [-0.2, 0) is 0 Å². The normalized spacial score (nSPS) is 21.9. The van der Waals surface area contributed by atoms with Crippen molar-refractivity contribution in [1.82, 2.24) is 5.32 Å². The van der Waals surface area contributed by atoms with Gasteiger partial charge in [-0.15, -0.1) is 0 Å². The van der Waals surface area contributed by atoms with Gasteiger partial charge in [0.15, 0.2) is 0 Å². The van der Waals surface area contributed by atoms with E-state index in [0.29, 0.717) is 12.1 Å². The van der Waals surface area contributed by atoms with E-state index in [1.807, 2.05) is 12.3 Å². The summed E-state index contributed by atoms with van der Waals surface area (Å²) in [5.74, 6) is 0.864. The first kappa shape index (κ1) is 11.7. The quantitative estimate of drug-likeness (QED) is 0.834. The molecule has 16 heavy (non-hydrogen) atoms. The second-order valence-corrected chi connectivity index (χ2v) is 5.13. The summed E-state index contributed by atoms with van der Waals surface area (Å²) in [6, 6.07) is 3.06. The van der Waals surface area contributed by atoms with Crippen molar-refractivity contribution >= 4 is 0 Å². The maximum atomic E-state index is 5.12. The van der Waals surface area contributed by atoms with E-state index < -0.39 is 0 Å². The predicted octanol–water partition coefficient (Wildman–Crippen LogP) is 3.90. The van der Waals surface area contributed by atoms with Gasteiger partial charge in [-0.25, -0.2) is 0 Å².